The number of anilines is 2. The number of hydrogen-bond donors (Lipinski definition) is 3. The van der Waals surface area contributed by atoms with E-state index in [0.717, 1.165) is 112 Å². The summed E-state index contributed by atoms with van der Waals surface area (Å²) in [5.74, 6) is -0.341. The molecular weight excluding hydrogens is 1290 g/mol. The Morgan fingerprint density at radius 1 is 0.531 bits per heavy atom. The van der Waals surface area contributed by atoms with Crippen LogP contribution in [0.4, 0.5) is 11.4 Å². The molecule has 0 saturated carbocycles. The van der Waals surface area contributed by atoms with Gasteiger partial charge in [-0.25, -0.2) is 15.0 Å². The Bertz CT molecular complexity index is 4190. The maximum Gasteiger partial charge on any atom is 1.00 e. The van der Waals surface area contributed by atoms with Crippen molar-refractivity contribution in [2.24, 2.45) is 5.73 Å². The molecule has 0 spiro atoms. The quantitative estimate of drug-likeness (QED) is 0.0265. The van der Waals surface area contributed by atoms with E-state index in [1.54, 1.807) is 6.07 Å². The molecule has 528 valence electrons. The monoisotopic (exact) mass is 1400 g/mol. The second-order valence-corrected chi connectivity index (χ2v) is 28.2. The molecule has 0 saturated heterocycles. The Morgan fingerprint density at radius 2 is 0.878 bits per heavy atom. The minimum Gasteiger partial charge on any atom is -1.00 e. The SMILES string of the molecule is CCCC(CCC)N1CCc2c(C)n(-c3c(C)cc(C)cc3C)c3nc(C)cc1c23.CCCC(CCC)Nc1cc(C)nc2c1c(C(=O)CCl)c(C)n2-c1c(C)cc(C)cc1C.CCCC(N)CCC.Cc1cc(C)c(-n2c(C)c(C(=O)CCl)c3c(Cl)cc(C)nc32)c(C)c1.[2H]CS.[H-].[Li+]. The number of halogens is 3. The third-order valence-corrected chi connectivity index (χ3v) is 19.6. The molecule has 0 radical (unpaired) electrons. The number of nitrogens with one attached hydrogen (secondary N) is 1. The number of alkyl halides is 2. The number of Topliss-reactive ketones (excluding diaryl/α,β-unsaturated/α-hetero) is 2. The van der Waals surface area contributed by atoms with Gasteiger partial charge in [-0.05, 0) is 212 Å². The molecule has 0 atom stereocenters. The minimum absolute atomic E-state index is 0. The number of carbonyl (C=O) groups is 2. The Morgan fingerprint density at radius 3 is 1.27 bits per heavy atom. The fraction of sp³-hybridized carbons (Fsp3) is 0.500. The fourth-order valence-corrected chi connectivity index (χ4v) is 16.0. The van der Waals surface area contributed by atoms with Crippen molar-refractivity contribution in [3.63, 3.8) is 0 Å². The molecule has 11 nitrogen and oxygen atoms in total. The normalized spacial score (nSPS) is 11.9. The van der Waals surface area contributed by atoms with Gasteiger partial charge < -0.3 is 17.4 Å². The van der Waals surface area contributed by atoms with E-state index in [4.69, 9.17) is 56.9 Å². The van der Waals surface area contributed by atoms with Gasteiger partial charge in [-0.3, -0.25) is 23.3 Å². The van der Waals surface area contributed by atoms with E-state index in [0.29, 0.717) is 45.3 Å². The molecule has 7 heterocycles. The molecule has 6 aromatic heterocycles. The first kappa shape index (κ1) is 81.4. The molecule has 0 amide bonds. The summed E-state index contributed by atoms with van der Waals surface area (Å²) in [7, 11) is 0. The molecule has 10 rings (SSSR count). The molecule has 0 unspecified atom stereocenters. The van der Waals surface area contributed by atoms with Crippen LogP contribution in [0.15, 0.2) is 54.6 Å². The number of pyridine rings is 3. The van der Waals surface area contributed by atoms with Crippen LogP contribution in [0.5, 0.6) is 0 Å². The summed E-state index contributed by atoms with van der Waals surface area (Å²) in [5.41, 5.74) is 33.8. The molecule has 3 aromatic carbocycles. The molecule has 0 aliphatic carbocycles. The van der Waals surface area contributed by atoms with Crippen LogP contribution in [-0.2, 0) is 6.42 Å². The van der Waals surface area contributed by atoms with Crippen LogP contribution in [0.25, 0.3) is 50.2 Å². The maximum absolute atomic E-state index is 13.1. The number of carbonyl (C=O) groups excluding carboxylic acids is 2. The van der Waals surface area contributed by atoms with Gasteiger partial charge in [-0.1, -0.05) is 145 Å². The van der Waals surface area contributed by atoms with Crippen molar-refractivity contribution in [1.82, 2.24) is 28.7 Å². The van der Waals surface area contributed by atoms with Crippen molar-refractivity contribution in [2.75, 3.05) is 34.8 Å². The van der Waals surface area contributed by atoms with Crippen LogP contribution in [-0.4, -0.2) is 82.9 Å². The average Bonchev–Trinajstić information content (AvgIpc) is 1.59. The third kappa shape index (κ3) is 18.6. The van der Waals surface area contributed by atoms with Crippen molar-refractivity contribution in [3.8, 4) is 17.1 Å². The van der Waals surface area contributed by atoms with Crippen molar-refractivity contribution in [1.29, 1.82) is 0 Å². The number of fused-ring (bicyclic) bond motifs is 2. The molecule has 1 aliphatic rings. The van der Waals surface area contributed by atoms with Crippen LogP contribution in [0, 0.1) is 104 Å². The number of hydrogen-bond acceptors (Lipinski definition) is 9. The summed E-state index contributed by atoms with van der Waals surface area (Å²) in [5, 5.41) is 7.24. The number of aromatic nitrogens is 6. The van der Waals surface area contributed by atoms with E-state index in [2.05, 4.69) is 198 Å². The van der Waals surface area contributed by atoms with Gasteiger partial charge in [0.25, 0.3) is 0 Å². The molecule has 16 heteroatoms. The van der Waals surface area contributed by atoms with E-state index in [9.17, 15) is 9.59 Å². The van der Waals surface area contributed by atoms with Crippen LogP contribution in [0.1, 0.15) is 232 Å². The Hall–Kier alpha value is -5.55. The van der Waals surface area contributed by atoms with Gasteiger partial charge in [0.15, 0.2) is 11.6 Å². The summed E-state index contributed by atoms with van der Waals surface area (Å²) < 4.78 is 12.7. The van der Waals surface area contributed by atoms with Gasteiger partial charge in [0.1, 0.15) is 16.9 Å². The Balaban J connectivity index is 0.000000294. The van der Waals surface area contributed by atoms with Crippen molar-refractivity contribution in [3.05, 3.63) is 161 Å². The predicted molar refractivity (Wildman–Crippen MR) is 425 cm³/mol. The molecular formula is C82H115Cl3LiN9O2S. The van der Waals surface area contributed by atoms with Crippen molar-refractivity contribution < 1.29 is 31.2 Å². The van der Waals surface area contributed by atoms with Gasteiger partial charge >= 0.3 is 18.9 Å². The molecule has 3 N–H and O–H groups in total. The minimum atomic E-state index is -0.141. The average molecular weight is 1410 g/mol. The van der Waals surface area contributed by atoms with E-state index in [-0.39, 0.29) is 49.8 Å². The van der Waals surface area contributed by atoms with Crippen LogP contribution in [0.2, 0.25) is 5.02 Å². The summed E-state index contributed by atoms with van der Waals surface area (Å²) in [6.45, 7) is 46.0. The molecule has 0 fully saturated rings. The van der Waals surface area contributed by atoms with Crippen LogP contribution in [0.3, 0.4) is 0 Å². The number of benzene rings is 3. The number of aryl methyl sites for hydroxylation is 12. The maximum atomic E-state index is 13.1. The van der Waals surface area contributed by atoms with E-state index in [1.807, 2.05) is 32.3 Å². The van der Waals surface area contributed by atoms with Crippen LogP contribution < -0.4 is 34.8 Å². The van der Waals surface area contributed by atoms with E-state index >= 15 is 0 Å². The number of nitrogens with zero attached hydrogens (tertiary/aromatic N) is 7. The molecule has 9 aromatic rings. The number of nitrogens with two attached hydrogens (primary N) is 1. The standard InChI is InChI=1S/C27H36ClN3O.C27H37N3.C20H20Cl2N2O.C7H17N.CH4S.Li.H/c1-8-10-21(11-9-2)30-22-14-19(6)29-27-25(22)24(23(32)15-28)20(7)31(27)26-17(4)12-16(3)13-18(26)5;1-8-10-22(11-9-2)29-13-12-23-21(7)30(26-18(4)14-17(3)15-19(26)5)27-25(23)24(29)16-20(6)28-27;1-10-6-11(2)19(12(3)7-10)24-14(5)17(16(25)9-21)18-15(22)8-13(4)23-20(18)24;1-3-5-7(8)6-4-2;1-2;;/h12-14,21H,8-11,15H2,1-7H3,(H,29,30);14-16,22H,8-13H2,1-7H3;6-8H,9H2,1-5H3;7H,3-6,8H2,1-2H3;2H,1H3;;/q;;;;;+1;-1/i;;;;1D;;. The van der Waals surface area contributed by atoms with Gasteiger partial charge in [0, 0.05) is 76.7 Å². The smallest absolute Gasteiger partial charge is 1.00 e. The second-order valence-electron chi connectivity index (χ2n) is 27.2. The number of rotatable bonds is 22. The molecule has 1 aliphatic heterocycles. The number of ketones is 2. The van der Waals surface area contributed by atoms with Gasteiger partial charge in [0.05, 0.1) is 56.0 Å². The first-order valence-corrected chi connectivity index (χ1v) is 37.5. The molecule has 0 bridgehead atoms. The van der Waals surface area contributed by atoms with Gasteiger partial charge in [-0.2, -0.15) is 12.6 Å². The Labute approximate surface area is 624 Å². The van der Waals surface area contributed by atoms with E-state index in [1.165, 1.54) is 118 Å². The largest absolute Gasteiger partial charge is 1.00 e. The van der Waals surface area contributed by atoms with Crippen molar-refractivity contribution in [2.45, 2.75) is 247 Å². The second kappa shape index (κ2) is 37.9. The molecule has 98 heavy (non-hydrogen) atoms. The zero-order valence-electron chi connectivity index (χ0n) is 65.6. The first-order chi connectivity index (χ1) is 46.6. The summed E-state index contributed by atoms with van der Waals surface area (Å²) in [4.78, 5) is 43.1. The zero-order valence-corrected chi connectivity index (χ0v) is 66.7. The summed E-state index contributed by atoms with van der Waals surface area (Å²) >= 11 is 21.9. The predicted octanol–water partition coefficient (Wildman–Crippen LogP) is 19.5. The summed E-state index contributed by atoms with van der Waals surface area (Å²) in [6.07, 6.45) is 15.5. The Kier molecular flexibility index (Phi) is 31.5. The fourth-order valence-electron chi connectivity index (χ4n) is 15.3. The van der Waals surface area contributed by atoms with Gasteiger partial charge in [-0.15, -0.1) is 23.2 Å². The zero-order chi connectivity index (χ0) is 72.7. The van der Waals surface area contributed by atoms with Crippen molar-refractivity contribution >= 4 is 103 Å². The third-order valence-electron chi connectivity index (χ3n) is 18.8. The topological polar surface area (TPSA) is 129 Å². The summed E-state index contributed by atoms with van der Waals surface area (Å²) in [6, 6.07) is 20.9. The number of thiol groups is 1. The van der Waals surface area contributed by atoms with Gasteiger partial charge in [0.2, 0.25) is 0 Å². The van der Waals surface area contributed by atoms with Crippen LogP contribution >= 0.6 is 47.4 Å². The first-order valence-electron chi connectivity index (χ1n) is 36.1. The van der Waals surface area contributed by atoms with E-state index < -0.39 is 0 Å².